The molecule has 0 amide bonds. The molecule has 9 aliphatic rings. The zero-order valence-corrected chi connectivity index (χ0v) is 79.5. The maximum atomic E-state index is 6.24. The van der Waals surface area contributed by atoms with Crippen molar-refractivity contribution >= 4 is 0 Å². The van der Waals surface area contributed by atoms with E-state index in [0.717, 1.165) is 224 Å². The average Bonchev–Trinajstić information content (AvgIpc) is 1.37. The summed E-state index contributed by atoms with van der Waals surface area (Å²) in [5.74, 6) is 0. The average molecular weight is 1680 g/mol. The number of rotatable bonds is 67. The molecular weight excluding hydrogens is 1490 g/mol. The Kier molecular flexibility index (Phi) is 69.3. The van der Waals surface area contributed by atoms with Crippen LogP contribution in [0.4, 0.5) is 0 Å². The Labute approximate surface area is 720 Å². The summed E-state index contributed by atoms with van der Waals surface area (Å²) >= 11 is 0. The van der Waals surface area contributed by atoms with E-state index in [1.165, 1.54) is 199 Å². The molecule has 9 saturated heterocycles. The summed E-state index contributed by atoms with van der Waals surface area (Å²) in [4.78, 5) is 0. The van der Waals surface area contributed by atoms with Gasteiger partial charge in [-0.1, -0.05) is 225 Å². The lowest BCUT2D eigenvalue weighted by atomic mass is 9.84. The zero-order chi connectivity index (χ0) is 85.5. The monoisotopic (exact) mass is 1680 g/mol. The summed E-state index contributed by atoms with van der Waals surface area (Å²) in [7, 11) is 1.69. The van der Waals surface area contributed by atoms with Crippen LogP contribution in [0.2, 0.25) is 0 Å². The molecule has 0 aliphatic carbocycles. The van der Waals surface area contributed by atoms with Crippen molar-refractivity contribution in [3.05, 3.63) is 0 Å². The lowest BCUT2D eigenvalue weighted by molar-refractivity contribution is -0.161. The van der Waals surface area contributed by atoms with Gasteiger partial charge in [-0.2, -0.15) is 0 Å². The molecule has 0 spiro atoms. The molecule has 9 aliphatic heterocycles. The lowest BCUT2D eigenvalue weighted by Gasteiger charge is -2.41. The van der Waals surface area contributed by atoms with Crippen LogP contribution in [0.25, 0.3) is 0 Å². The predicted molar refractivity (Wildman–Crippen MR) is 477 cm³/mol. The van der Waals surface area contributed by atoms with E-state index in [2.05, 4.69) is 90.0 Å². The number of hydrogen-bond donors (Lipinski definition) is 0. The van der Waals surface area contributed by atoms with Crippen molar-refractivity contribution in [1.82, 2.24) is 0 Å². The first-order valence-corrected chi connectivity index (χ1v) is 48.6. The van der Waals surface area contributed by atoms with Gasteiger partial charge in [-0.25, -0.2) is 0 Å². The van der Waals surface area contributed by atoms with Crippen molar-refractivity contribution in [2.24, 2.45) is 43.3 Å². The molecular formula is C97H192O20. The summed E-state index contributed by atoms with van der Waals surface area (Å²) in [5.41, 5.74) is 2.73. The van der Waals surface area contributed by atoms with Crippen molar-refractivity contribution in [2.45, 2.75) is 334 Å². The number of epoxide rings is 1. The second kappa shape index (κ2) is 72.3. The number of unbranched alkanes of at least 4 members (excludes halogenated alkanes) is 19. The fourth-order valence-corrected chi connectivity index (χ4v) is 14.0. The van der Waals surface area contributed by atoms with Gasteiger partial charge in [-0.3, -0.25) is 0 Å². The molecule has 700 valence electrons. The highest BCUT2D eigenvalue weighted by atomic mass is 16.6. The number of ether oxygens (including phenoxy) is 20. The second-order valence-corrected chi connectivity index (χ2v) is 36.2. The summed E-state index contributed by atoms with van der Waals surface area (Å²) in [5, 5.41) is 0. The molecule has 0 radical (unpaired) electrons. The van der Waals surface area contributed by atoms with E-state index in [1.807, 2.05) is 13.8 Å². The van der Waals surface area contributed by atoms with E-state index < -0.39 is 0 Å². The minimum absolute atomic E-state index is 0.283. The third-order valence-corrected chi connectivity index (χ3v) is 25.5. The van der Waals surface area contributed by atoms with Crippen molar-refractivity contribution in [3.8, 4) is 0 Å². The molecule has 0 aromatic rings. The summed E-state index contributed by atoms with van der Waals surface area (Å²) < 4.78 is 108. The minimum atomic E-state index is 0.283. The Balaban J connectivity index is 0.000000457. The van der Waals surface area contributed by atoms with Gasteiger partial charge in [0.2, 0.25) is 0 Å². The maximum Gasteiger partial charge on any atom is 0.104 e. The van der Waals surface area contributed by atoms with E-state index >= 15 is 0 Å². The Morgan fingerprint density at radius 2 is 0.487 bits per heavy atom. The Morgan fingerprint density at radius 1 is 0.239 bits per heavy atom. The summed E-state index contributed by atoms with van der Waals surface area (Å²) in [6.07, 6.45) is 45.0. The third kappa shape index (κ3) is 51.6. The molecule has 0 bridgehead atoms. The van der Waals surface area contributed by atoms with Gasteiger partial charge in [-0.05, 0) is 97.3 Å². The molecule has 0 N–H and O–H groups in total. The van der Waals surface area contributed by atoms with Crippen molar-refractivity contribution < 1.29 is 94.7 Å². The SMILES string of the molecule is CCC1(COCC2CO2)COC1.CCC1(COCCOC)COC1.CCCCCCC(CCCC)OCC1(CC)COC1.CCCCCCCCCCCCOCC1(CC)COC1.CCCCCCCCOCC1(CC)COC1.CCCCOCC1(CC)COC1.CCOCC1(CC)COC1.CCOCCOCCOCC1(CC)COC1. The van der Waals surface area contributed by atoms with E-state index in [0.29, 0.717) is 89.8 Å². The van der Waals surface area contributed by atoms with Crippen LogP contribution >= 0.6 is 0 Å². The molecule has 9 heterocycles. The first kappa shape index (κ1) is 112. The lowest BCUT2D eigenvalue weighted by Crippen LogP contribution is -2.46. The topological polar surface area (TPSA) is 188 Å². The predicted octanol–water partition coefficient (Wildman–Crippen LogP) is 21.2. The summed E-state index contributed by atoms with van der Waals surface area (Å²) in [6.45, 7) is 64.1. The van der Waals surface area contributed by atoms with Gasteiger partial charge in [0.1, 0.15) is 6.10 Å². The van der Waals surface area contributed by atoms with Crippen LogP contribution in [0.3, 0.4) is 0 Å². The van der Waals surface area contributed by atoms with Crippen molar-refractivity contribution in [1.29, 1.82) is 0 Å². The van der Waals surface area contributed by atoms with Gasteiger partial charge in [0.25, 0.3) is 0 Å². The van der Waals surface area contributed by atoms with Gasteiger partial charge in [0.15, 0.2) is 0 Å². The van der Waals surface area contributed by atoms with E-state index in [4.69, 9.17) is 94.7 Å². The molecule has 20 nitrogen and oxygen atoms in total. The summed E-state index contributed by atoms with van der Waals surface area (Å²) in [6, 6.07) is 0. The highest BCUT2D eigenvalue weighted by Gasteiger charge is 2.43. The zero-order valence-electron chi connectivity index (χ0n) is 79.5. The van der Waals surface area contributed by atoms with Crippen molar-refractivity contribution in [3.63, 3.8) is 0 Å². The van der Waals surface area contributed by atoms with Gasteiger partial charge in [0, 0.05) is 83.5 Å². The molecule has 0 saturated carbocycles. The Hall–Kier alpha value is -0.800. The molecule has 9 rings (SSSR count). The van der Waals surface area contributed by atoms with Gasteiger partial charge >= 0.3 is 0 Å². The highest BCUT2D eigenvalue weighted by Crippen LogP contribution is 2.38. The molecule has 20 heteroatoms. The van der Waals surface area contributed by atoms with Crippen LogP contribution in [0.5, 0.6) is 0 Å². The number of methoxy groups -OCH3 is 1. The highest BCUT2D eigenvalue weighted by molar-refractivity contribution is 4.89. The van der Waals surface area contributed by atoms with E-state index in [-0.39, 0.29) is 5.41 Å². The minimum Gasteiger partial charge on any atom is -0.382 e. The normalized spacial score (nSPS) is 20.4. The van der Waals surface area contributed by atoms with Gasteiger partial charge in [0.05, 0.1) is 218 Å². The van der Waals surface area contributed by atoms with Crippen LogP contribution in [-0.2, 0) is 94.7 Å². The molecule has 9 fully saturated rings. The first-order valence-electron chi connectivity index (χ1n) is 48.6. The Morgan fingerprint density at radius 3 is 0.778 bits per heavy atom. The van der Waals surface area contributed by atoms with Gasteiger partial charge < -0.3 is 94.7 Å². The molecule has 117 heavy (non-hydrogen) atoms. The van der Waals surface area contributed by atoms with Crippen molar-refractivity contribution in [2.75, 3.05) is 252 Å². The number of hydrogen-bond acceptors (Lipinski definition) is 20. The first-order chi connectivity index (χ1) is 57.1. The molecule has 0 aromatic carbocycles. The molecule has 2 atom stereocenters. The van der Waals surface area contributed by atoms with Crippen LogP contribution in [0, 0.1) is 43.3 Å². The van der Waals surface area contributed by atoms with Crippen LogP contribution in [0.15, 0.2) is 0 Å². The quantitative estimate of drug-likeness (QED) is 0.0413. The fourth-order valence-electron chi connectivity index (χ4n) is 14.0. The fraction of sp³-hybridized carbons (Fsp3) is 1.00. The smallest absolute Gasteiger partial charge is 0.104 e. The standard InChI is InChI=1S/C18H36O2.C17H34O2.C14H28O2.C12H24O4.C10H20O2.C9H16O3.C9H18O3.C8H16O2/c1-3-5-6-7-8-9-10-11-12-13-14-19-15-18(4-2)16-20-17-18;1-4-7-9-10-12-16(11-8-5-2)19-15-17(6-3)13-18-14-17;1-3-5-6-7-8-9-10-15-11-14(4-2)12-16-13-14;1-3-12(10-16-11-12)9-15-8-7-14-6-5-13-4-2;1-3-5-6-11-7-10(4-2)8-12-9-10;1-2-9(6-11-7-9)5-10-3-8-4-12-8;1-3-9(7-12-8-9)6-11-5-4-10-2;1-3-8(5-9-4-2)6-10-7-8/h3-17H2,1-2H3;16H,4-15H2,1-3H3;3-13H2,1-2H3;3-11H2,1-2H3;3-9H2,1-2H3;8H,2-7H2,1H3;3-8H2,1-2H3;3-7H2,1-2H3. The maximum absolute atomic E-state index is 6.24. The van der Waals surface area contributed by atoms with Crippen LogP contribution in [0.1, 0.15) is 322 Å². The molecule has 0 aromatic heterocycles. The molecule has 2 unspecified atom stereocenters. The van der Waals surface area contributed by atoms with Crippen LogP contribution in [-0.4, -0.2) is 264 Å². The second-order valence-electron chi connectivity index (χ2n) is 36.2. The van der Waals surface area contributed by atoms with Gasteiger partial charge in [-0.15, -0.1) is 0 Å². The Bertz CT molecular complexity index is 2000. The third-order valence-electron chi connectivity index (χ3n) is 25.5. The van der Waals surface area contributed by atoms with E-state index in [1.54, 1.807) is 7.11 Å². The van der Waals surface area contributed by atoms with E-state index in [9.17, 15) is 0 Å². The largest absolute Gasteiger partial charge is 0.382 e. The van der Waals surface area contributed by atoms with Crippen LogP contribution < -0.4 is 0 Å².